The molecule has 0 amide bonds. The van der Waals surface area contributed by atoms with Gasteiger partial charge >= 0.3 is 0 Å². The van der Waals surface area contributed by atoms with E-state index in [1.54, 1.807) is 0 Å². The molecule has 3 nitrogen and oxygen atoms in total. The van der Waals surface area contributed by atoms with Crippen molar-refractivity contribution in [2.75, 3.05) is 33.0 Å². The maximum Gasteiger partial charge on any atom is 0.0701 e. The molecular weight excluding hydrogens is 270 g/mol. The zero-order valence-corrected chi connectivity index (χ0v) is 13.4. The number of thiol groups is 1. The summed E-state index contributed by atoms with van der Waals surface area (Å²) in [6, 6.07) is 10.3. The van der Waals surface area contributed by atoms with Crippen LogP contribution < -0.4 is 0 Å². The van der Waals surface area contributed by atoms with Crippen LogP contribution in [0.3, 0.4) is 0 Å². The summed E-state index contributed by atoms with van der Waals surface area (Å²) in [5.41, 5.74) is 1.27. The number of hydrogen-bond donors (Lipinski definition) is 1. The Morgan fingerprint density at radius 1 is 0.950 bits per heavy atom. The number of hydrogen-bond acceptors (Lipinski definition) is 4. The van der Waals surface area contributed by atoms with Gasteiger partial charge in [0.2, 0.25) is 0 Å². The minimum atomic E-state index is 0.666. The second-order valence-corrected chi connectivity index (χ2v) is 5.37. The Bertz CT molecular complexity index is 322. The fourth-order valence-electron chi connectivity index (χ4n) is 1.82. The van der Waals surface area contributed by atoms with Crippen molar-refractivity contribution in [1.82, 2.24) is 4.31 Å². The Balaban J connectivity index is 1.91. The van der Waals surface area contributed by atoms with Gasteiger partial charge in [-0.05, 0) is 12.0 Å². The molecule has 0 fully saturated rings. The Kier molecular flexibility index (Phi) is 10.7. The molecule has 0 N–H and O–H groups in total. The topological polar surface area (TPSA) is 21.7 Å². The summed E-state index contributed by atoms with van der Waals surface area (Å²) in [7, 11) is 0. The van der Waals surface area contributed by atoms with Gasteiger partial charge in [0.1, 0.15) is 0 Å². The van der Waals surface area contributed by atoms with Crippen molar-refractivity contribution in [2.24, 2.45) is 0 Å². The number of nitrogens with zero attached hydrogens (tertiary/aromatic N) is 1. The van der Waals surface area contributed by atoms with Crippen molar-refractivity contribution in [2.45, 2.75) is 32.7 Å². The number of ether oxygens (including phenoxy) is 2. The molecule has 0 aliphatic heterocycles. The molecule has 0 aliphatic carbocycles. The summed E-state index contributed by atoms with van der Waals surface area (Å²) >= 11 is 4.45. The molecule has 0 heterocycles. The number of rotatable bonds is 12. The van der Waals surface area contributed by atoms with Gasteiger partial charge in [-0.25, -0.2) is 4.31 Å². The normalized spacial score (nSPS) is 11.2. The molecule has 0 radical (unpaired) electrons. The molecule has 0 atom stereocenters. The summed E-state index contributed by atoms with van der Waals surface area (Å²) in [4.78, 5) is 0. The van der Waals surface area contributed by atoms with Gasteiger partial charge in [-0.15, -0.1) is 0 Å². The van der Waals surface area contributed by atoms with Crippen molar-refractivity contribution in [1.29, 1.82) is 0 Å². The Morgan fingerprint density at radius 2 is 1.65 bits per heavy atom. The summed E-state index contributed by atoms with van der Waals surface area (Å²) in [5, 5.41) is 0. The lowest BCUT2D eigenvalue weighted by atomic mass is 10.2. The van der Waals surface area contributed by atoms with Crippen LogP contribution in [0.25, 0.3) is 0 Å². The third kappa shape index (κ3) is 9.37. The molecule has 0 aliphatic rings. The molecule has 1 aromatic rings. The Labute approximate surface area is 128 Å². The van der Waals surface area contributed by atoms with E-state index in [-0.39, 0.29) is 0 Å². The van der Waals surface area contributed by atoms with Gasteiger partial charge in [0, 0.05) is 19.7 Å². The lowest BCUT2D eigenvalue weighted by Gasteiger charge is -2.15. The number of benzene rings is 1. The maximum atomic E-state index is 5.53. The molecule has 0 aromatic heterocycles. The minimum absolute atomic E-state index is 0.666. The van der Waals surface area contributed by atoms with E-state index in [1.165, 1.54) is 18.4 Å². The second-order valence-electron chi connectivity index (χ2n) is 4.81. The highest BCUT2D eigenvalue weighted by atomic mass is 32.1. The standard InChI is InChI=1S/C16H27NO2S/c1-2-3-7-11-18-13-14-19-12-10-17(20)15-16-8-5-4-6-9-16/h4-6,8-9,20H,2-3,7,10-15H2,1H3. The Morgan fingerprint density at radius 3 is 2.35 bits per heavy atom. The smallest absolute Gasteiger partial charge is 0.0701 e. The molecule has 0 saturated heterocycles. The third-order valence-electron chi connectivity index (χ3n) is 2.97. The highest BCUT2D eigenvalue weighted by molar-refractivity contribution is 7.77. The van der Waals surface area contributed by atoms with Gasteiger partial charge in [-0.1, -0.05) is 62.9 Å². The van der Waals surface area contributed by atoms with Crippen LogP contribution in [0.2, 0.25) is 0 Å². The van der Waals surface area contributed by atoms with E-state index in [1.807, 2.05) is 22.5 Å². The first-order valence-corrected chi connectivity index (χ1v) is 7.86. The molecule has 4 heteroatoms. The first kappa shape index (κ1) is 17.5. The molecule has 0 spiro atoms. The van der Waals surface area contributed by atoms with Gasteiger partial charge < -0.3 is 9.47 Å². The summed E-state index contributed by atoms with van der Waals surface area (Å²) in [6.07, 6.45) is 3.63. The summed E-state index contributed by atoms with van der Waals surface area (Å²) in [5.74, 6) is 0. The molecular formula is C16H27NO2S. The van der Waals surface area contributed by atoms with E-state index in [2.05, 4.69) is 31.9 Å². The van der Waals surface area contributed by atoms with E-state index < -0.39 is 0 Å². The third-order valence-corrected chi connectivity index (χ3v) is 3.31. The van der Waals surface area contributed by atoms with Crippen LogP contribution in [0, 0.1) is 0 Å². The van der Waals surface area contributed by atoms with Crippen LogP contribution in [-0.4, -0.2) is 37.3 Å². The molecule has 20 heavy (non-hydrogen) atoms. The zero-order valence-electron chi connectivity index (χ0n) is 12.5. The highest BCUT2D eigenvalue weighted by Gasteiger charge is 2.00. The van der Waals surface area contributed by atoms with Crippen molar-refractivity contribution in [3.8, 4) is 0 Å². The molecule has 0 unspecified atom stereocenters. The van der Waals surface area contributed by atoms with E-state index >= 15 is 0 Å². The molecule has 0 saturated carbocycles. The van der Waals surface area contributed by atoms with Crippen LogP contribution in [0.1, 0.15) is 31.7 Å². The van der Waals surface area contributed by atoms with E-state index in [0.717, 1.165) is 26.1 Å². The molecule has 1 rings (SSSR count). The largest absolute Gasteiger partial charge is 0.379 e. The Hall–Kier alpha value is -0.550. The first-order chi connectivity index (χ1) is 9.83. The van der Waals surface area contributed by atoms with Crippen molar-refractivity contribution in [3.63, 3.8) is 0 Å². The minimum Gasteiger partial charge on any atom is -0.379 e. The molecule has 0 bridgehead atoms. The molecule has 1 aromatic carbocycles. The SMILES string of the molecule is CCCCCOCCOCCN(S)Cc1ccccc1. The molecule has 114 valence electrons. The maximum absolute atomic E-state index is 5.53. The van der Waals surface area contributed by atoms with Gasteiger partial charge in [-0.3, -0.25) is 0 Å². The van der Waals surface area contributed by atoms with Crippen LogP contribution in [0.15, 0.2) is 30.3 Å². The fourth-order valence-corrected chi connectivity index (χ4v) is 2.06. The van der Waals surface area contributed by atoms with Crippen molar-refractivity contribution in [3.05, 3.63) is 35.9 Å². The zero-order chi connectivity index (χ0) is 14.5. The van der Waals surface area contributed by atoms with Crippen LogP contribution >= 0.6 is 12.8 Å². The average Bonchev–Trinajstić information content (AvgIpc) is 2.46. The summed E-state index contributed by atoms with van der Waals surface area (Å²) in [6.45, 7) is 6.74. The van der Waals surface area contributed by atoms with Crippen molar-refractivity contribution < 1.29 is 9.47 Å². The number of unbranched alkanes of at least 4 members (excludes halogenated alkanes) is 2. The first-order valence-electron chi connectivity index (χ1n) is 7.46. The van der Waals surface area contributed by atoms with Crippen LogP contribution in [0.5, 0.6) is 0 Å². The van der Waals surface area contributed by atoms with Gasteiger partial charge in [0.25, 0.3) is 0 Å². The summed E-state index contributed by atoms with van der Waals surface area (Å²) < 4.78 is 13.0. The highest BCUT2D eigenvalue weighted by Crippen LogP contribution is 2.05. The lowest BCUT2D eigenvalue weighted by Crippen LogP contribution is -2.19. The van der Waals surface area contributed by atoms with E-state index in [4.69, 9.17) is 9.47 Å². The quantitative estimate of drug-likeness (QED) is 0.471. The van der Waals surface area contributed by atoms with Gasteiger partial charge in [0.05, 0.1) is 19.8 Å². The van der Waals surface area contributed by atoms with E-state index in [9.17, 15) is 0 Å². The monoisotopic (exact) mass is 297 g/mol. The average molecular weight is 297 g/mol. The van der Waals surface area contributed by atoms with Gasteiger partial charge in [-0.2, -0.15) is 0 Å². The fraction of sp³-hybridized carbons (Fsp3) is 0.625. The van der Waals surface area contributed by atoms with Crippen molar-refractivity contribution >= 4 is 12.8 Å². The van der Waals surface area contributed by atoms with Crippen LogP contribution in [0.4, 0.5) is 0 Å². The lowest BCUT2D eigenvalue weighted by molar-refractivity contribution is 0.0436. The van der Waals surface area contributed by atoms with E-state index in [0.29, 0.717) is 19.8 Å². The van der Waals surface area contributed by atoms with Crippen LogP contribution in [-0.2, 0) is 16.0 Å². The predicted octanol–water partition coefficient (Wildman–Crippen LogP) is 3.56. The second kappa shape index (κ2) is 12.2. The van der Waals surface area contributed by atoms with Gasteiger partial charge in [0.15, 0.2) is 0 Å². The predicted molar refractivity (Wildman–Crippen MR) is 87.0 cm³/mol.